The Hall–Kier alpha value is -4.08. The number of aromatic amines is 2. The van der Waals surface area contributed by atoms with Crippen molar-refractivity contribution in [2.75, 3.05) is 19.5 Å². The van der Waals surface area contributed by atoms with Gasteiger partial charge in [0.1, 0.15) is 17.5 Å². The second kappa shape index (κ2) is 8.81. The average molecular weight is 447 g/mol. The number of nitrogens with one attached hydrogen (secondary N) is 4. The molecule has 1 fully saturated rings. The Labute approximate surface area is 190 Å². The third kappa shape index (κ3) is 4.07. The standard InChI is InChI=1S/C23H25N7O3/c1-24-21(31)13-7-8-17(18(11-13)32-2)27-23-28-20-19(15(12-25-20)16-9-10-26-30-16)22(29-23)33-14-5-3-4-6-14/h7-12,14H,3-6H2,1-2H3,(H,24,31)(H,26,30)(H2,25,27,28,29). The van der Waals surface area contributed by atoms with E-state index in [1.807, 2.05) is 12.3 Å². The fraction of sp³-hybridized carbons (Fsp3) is 0.304. The van der Waals surface area contributed by atoms with Crippen LogP contribution in [0.2, 0.25) is 0 Å². The minimum absolute atomic E-state index is 0.127. The summed E-state index contributed by atoms with van der Waals surface area (Å²) in [5, 5.41) is 13.7. The first-order chi connectivity index (χ1) is 16.2. The van der Waals surface area contributed by atoms with Gasteiger partial charge < -0.3 is 25.1 Å². The Balaban J connectivity index is 1.54. The van der Waals surface area contributed by atoms with Crippen molar-refractivity contribution in [1.29, 1.82) is 0 Å². The SMILES string of the molecule is CNC(=O)c1ccc(Nc2nc(OC3CCCC3)c3c(-c4ccn[nH]4)c[nH]c3n2)c(OC)c1. The molecule has 0 aliphatic heterocycles. The number of methoxy groups -OCH3 is 1. The molecule has 0 saturated heterocycles. The molecule has 33 heavy (non-hydrogen) atoms. The van der Waals surface area contributed by atoms with Gasteiger partial charge >= 0.3 is 0 Å². The molecule has 4 aromatic rings. The van der Waals surface area contributed by atoms with Crippen LogP contribution in [-0.4, -0.2) is 51.3 Å². The number of fused-ring (bicyclic) bond motifs is 1. The minimum Gasteiger partial charge on any atom is -0.495 e. The van der Waals surface area contributed by atoms with Crippen LogP contribution in [0.5, 0.6) is 11.6 Å². The summed E-state index contributed by atoms with van der Waals surface area (Å²) >= 11 is 0. The van der Waals surface area contributed by atoms with Crippen LogP contribution in [0.3, 0.4) is 0 Å². The number of rotatable bonds is 7. The van der Waals surface area contributed by atoms with Crippen LogP contribution in [-0.2, 0) is 0 Å². The maximum atomic E-state index is 12.0. The lowest BCUT2D eigenvalue weighted by molar-refractivity contribution is 0.0963. The molecule has 1 aliphatic rings. The molecule has 5 rings (SSSR count). The van der Waals surface area contributed by atoms with Crippen LogP contribution in [0.25, 0.3) is 22.3 Å². The van der Waals surface area contributed by atoms with Gasteiger partial charge in [0.25, 0.3) is 5.91 Å². The van der Waals surface area contributed by atoms with Gasteiger partial charge in [0.2, 0.25) is 11.8 Å². The fourth-order valence-corrected chi connectivity index (χ4v) is 4.12. The van der Waals surface area contributed by atoms with E-state index in [0.717, 1.165) is 42.3 Å². The third-order valence-corrected chi connectivity index (χ3v) is 5.81. The maximum absolute atomic E-state index is 12.0. The van der Waals surface area contributed by atoms with Crippen molar-refractivity contribution in [1.82, 2.24) is 30.5 Å². The minimum atomic E-state index is -0.192. The van der Waals surface area contributed by atoms with E-state index in [9.17, 15) is 4.79 Å². The van der Waals surface area contributed by atoms with E-state index < -0.39 is 0 Å². The molecule has 3 heterocycles. The second-order valence-corrected chi connectivity index (χ2v) is 7.89. The number of hydrogen-bond donors (Lipinski definition) is 4. The first-order valence-corrected chi connectivity index (χ1v) is 10.9. The van der Waals surface area contributed by atoms with Crippen molar-refractivity contribution in [2.24, 2.45) is 0 Å². The van der Waals surface area contributed by atoms with E-state index in [-0.39, 0.29) is 12.0 Å². The van der Waals surface area contributed by atoms with Gasteiger partial charge in [0.15, 0.2) is 0 Å². The molecule has 10 heteroatoms. The third-order valence-electron chi connectivity index (χ3n) is 5.81. The number of amides is 1. The lowest BCUT2D eigenvalue weighted by Gasteiger charge is -2.16. The van der Waals surface area contributed by atoms with Crippen LogP contribution in [0, 0.1) is 0 Å². The van der Waals surface area contributed by atoms with Crippen molar-refractivity contribution in [3.63, 3.8) is 0 Å². The number of H-pyrrole nitrogens is 2. The summed E-state index contributed by atoms with van der Waals surface area (Å²) < 4.78 is 11.8. The van der Waals surface area contributed by atoms with Crippen LogP contribution in [0.4, 0.5) is 11.6 Å². The first-order valence-electron chi connectivity index (χ1n) is 10.9. The Morgan fingerprint density at radius 2 is 2.03 bits per heavy atom. The highest BCUT2D eigenvalue weighted by molar-refractivity contribution is 5.97. The molecule has 170 valence electrons. The first kappa shape index (κ1) is 20.8. The molecule has 1 amide bonds. The van der Waals surface area contributed by atoms with Gasteiger partial charge in [-0.05, 0) is 49.9 Å². The molecule has 0 unspecified atom stereocenters. The zero-order chi connectivity index (χ0) is 22.8. The number of benzene rings is 1. The highest BCUT2D eigenvalue weighted by Gasteiger charge is 2.23. The zero-order valence-electron chi connectivity index (χ0n) is 18.4. The van der Waals surface area contributed by atoms with E-state index in [2.05, 4.69) is 30.8 Å². The summed E-state index contributed by atoms with van der Waals surface area (Å²) in [5.41, 5.74) is 3.53. The van der Waals surface area contributed by atoms with Crippen molar-refractivity contribution in [2.45, 2.75) is 31.8 Å². The van der Waals surface area contributed by atoms with Crippen LogP contribution < -0.4 is 20.1 Å². The number of nitrogens with zero attached hydrogens (tertiary/aromatic N) is 3. The van der Waals surface area contributed by atoms with Gasteiger partial charge in [-0.3, -0.25) is 9.89 Å². The lowest BCUT2D eigenvalue weighted by Crippen LogP contribution is -2.17. The average Bonchev–Trinajstić information content (AvgIpc) is 3.60. The van der Waals surface area contributed by atoms with Gasteiger partial charge in [-0.15, -0.1) is 0 Å². The molecule has 1 aromatic carbocycles. The topological polar surface area (TPSA) is 130 Å². The van der Waals surface area contributed by atoms with E-state index in [1.54, 1.807) is 38.6 Å². The van der Waals surface area contributed by atoms with Crippen LogP contribution >= 0.6 is 0 Å². The molecule has 1 saturated carbocycles. The predicted octanol–water partition coefficient (Wildman–Crippen LogP) is 3.78. The van der Waals surface area contributed by atoms with Gasteiger partial charge in [-0.25, -0.2) is 0 Å². The summed E-state index contributed by atoms with van der Waals surface area (Å²) in [7, 11) is 3.14. The Bertz CT molecular complexity index is 1280. The number of aromatic nitrogens is 5. The largest absolute Gasteiger partial charge is 0.495 e. The Kier molecular flexibility index (Phi) is 5.55. The van der Waals surface area contributed by atoms with Crippen LogP contribution in [0.15, 0.2) is 36.7 Å². The summed E-state index contributed by atoms with van der Waals surface area (Å²) in [6.45, 7) is 0. The van der Waals surface area contributed by atoms with Gasteiger partial charge in [0, 0.05) is 30.6 Å². The quantitative estimate of drug-likeness (QED) is 0.339. The number of carbonyl (C=O) groups is 1. The fourth-order valence-electron chi connectivity index (χ4n) is 4.12. The molecular formula is C23H25N7O3. The van der Waals surface area contributed by atoms with Crippen molar-refractivity contribution in [3.05, 3.63) is 42.2 Å². The molecule has 10 nitrogen and oxygen atoms in total. The summed E-state index contributed by atoms with van der Waals surface area (Å²) in [4.78, 5) is 24.6. The highest BCUT2D eigenvalue weighted by Crippen LogP contribution is 2.36. The van der Waals surface area contributed by atoms with Crippen molar-refractivity contribution < 1.29 is 14.3 Å². The number of anilines is 2. The van der Waals surface area contributed by atoms with E-state index >= 15 is 0 Å². The van der Waals surface area contributed by atoms with Crippen LogP contribution in [0.1, 0.15) is 36.0 Å². The van der Waals surface area contributed by atoms with Gasteiger partial charge in [-0.1, -0.05) is 0 Å². The maximum Gasteiger partial charge on any atom is 0.251 e. The number of carbonyl (C=O) groups excluding carboxylic acids is 1. The predicted molar refractivity (Wildman–Crippen MR) is 124 cm³/mol. The molecular weight excluding hydrogens is 422 g/mol. The van der Waals surface area contributed by atoms with Gasteiger partial charge in [0.05, 0.1) is 23.9 Å². The van der Waals surface area contributed by atoms with Gasteiger partial charge in [-0.2, -0.15) is 15.1 Å². The smallest absolute Gasteiger partial charge is 0.251 e. The number of ether oxygens (including phenoxy) is 2. The van der Waals surface area contributed by atoms with E-state index in [1.165, 1.54) is 0 Å². The monoisotopic (exact) mass is 447 g/mol. The molecule has 0 radical (unpaired) electrons. The molecule has 4 N–H and O–H groups in total. The highest BCUT2D eigenvalue weighted by atomic mass is 16.5. The molecule has 3 aromatic heterocycles. The normalized spacial score (nSPS) is 13.9. The van der Waals surface area contributed by atoms with Crippen molar-refractivity contribution in [3.8, 4) is 22.9 Å². The molecule has 0 atom stereocenters. The summed E-state index contributed by atoms with van der Waals surface area (Å²) in [5.74, 6) is 1.19. The van der Waals surface area contributed by atoms with E-state index in [0.29, 0.717) is 34.5 Å². The lowest BCUT2D eigenvalue weighted by atomic mass is 10.1. The summed E-state index contributed by atoms with van der Waals surface area (Å²) in [6, 6.07) is 7.04. The Morgan fingerprint density at radius 3 is 2.76 bits per heavy atom. The molecule has 1 aliphatic carbocycles. The molecule has 0 spiro atoms. The zero-order valence-corrected chi connectivity index (χ0v) is 18.4. The summed E-state index contributed by atoms with van der Waals surface area (Å²) in [6.07, 6.45) is 8.02. The number of hydrogen-bond acceptors (Lipinski definition) is 7. The second-order valence-electron chi connectivity index (χ2n) is 7.89. The van der Waals surface area contributed by atoms with Crippen molar-refractivity contribution >= 4 is 28.6 Å². The molecule has 0 bridgehead atoms. The Morgan fingerprint density at radius 1 is 1.18 bits per heavy atom. The van der Waals surface area contributed by atoms with E-state index in [4.69, 9.17) is 14.5 Å².